The highest BCUT2D eigenvalue weighted by atomic mass is 35.5. The molecule has 0 aliphatic heterocycles. The van der Waals surface area contributed by atoms with Crippen LogP contribution in [0.1, 0.15) is 25.3 Å². The molecule has 15 heavy (non-hydrogen) atoms. The summed E-state index contributed by atoms with van der Waals surface area (Å²) in [6.07, 6.45) is 1.56. The van der Waals surface area contributed by atoms with Crippen molar-refractivity contribution in [2.45, 2.75) is 19.8 Å². The normalized spacial score (nSPS) is 10.9. The summed E-state index contributed by atoms with van der Waals surface area (Å²) in [7, 11) is 0. The van der Waals surface area contributed by atoms with Crippen molar-refractivity contribution in [1.82, 2.24) is 15.2 Å². The Bertz CT molecular complexity index is 449. The van der Waals surface area contributed by atoms with Gasteiger partial charge in [0.05, 0.1) is 0 Å². The molecule has 1 aromatic heterocycles. The Morgan fingerprint density at radius 1 is 1.33 bits per heavy atom. The zero-order valence-corrected chi connectivity index (χ0v) is 9.42. The first-order chi connectivity index (χ1) is 7.18. The number of H-pyrrole nitrogens is 1. The molecule has 4 heteroatoms. The van der Waals surface area contributed by atoms with Gasteiger partial charge in [-0.2, -0.15) is 5.10 Å². The largest absolute Gasteiger partial charge is 0.265 e. The molecule has 0 saturated heterocycles. The van der Waals surface area contributed by atoms with E-state index in [4.69, 9.17) is 11.6 Å². The van der Waals surface area contributed by atoms with Crippen LogP contribution >= 0.6 is 11.6 Å². The number of nitrogens with zero attached hydrogens (tertiary/aromatic N) is 2. The van der Waals surface area contributed by atoms with Gasteiger partial charge in [-0.15, -0.1) is 0 Å². The van der Waals surface area contributed by atoms with Gasteiger partial charge in [0.1, 0.15) is 6.33 Å². The van der Waals surface area contributed by atoms with Gasteiger partial charge in [0.25, 0.3) is 0 Å². The first kappa shape index (κ1) is 10.2. The van der Waals surface area contributed by atoms with Crippen LogP contribution in [-0.4, -0.2) is 15.2 Å². The molecule has 0 amide bonds. The molecule has 0 radical (unpaired) electrons. The van der Waals surface area contributed by atoms with Crippen molar-refractivity contribution in [3.63, 3.8) is 0 Å². The fraction of sp³-hybridized carbons (Fsp3) is 0.273. The molecular formula is C11H12ClN3. The Morgan fingerprint density at radius 2 is 2.13 bits per heavy atom. The summed E-state index contributed by atoms with van der Waals surface area (Å²) in [4.78, 5) is 4.08. The van der Waals surface area contributed by atoms with Gasteiger partial charge in [0, 0.05) is 10.6 Å². The number of aromatic nitrogens is 3. The monoisotopic (exact) mass is 221 g/mol. The maximum atomic E-state index is 6.18. The van der Waals surface area contributed by atoms with Crippen molar-refractivity contribution in [3.05, 3.63) is 35.1 Å². The van der Waals surface area contributed by atoms with E-state index in [9.17, 15) is 0 Å². The molecule has 1 aromatic carbocycles. The molecule has 0 bridgehead atoms. The molecule has 0 unspecified atom stereocenters. The summed E-state index contributed by atoms with van der Waals surface area (Å²) >= 11 is 6.18. The summed E-state index contributed by atoms with van der Waals surface area (Å²) in [5.41, 5.74) is 2.08. The Labute approximate surface area is 93.5 Å². The molecule has 2 rings (SSSR count). The highest BCUT2D eigenvalue weighted by Gasteiger charge is 2.08. The lowest BCUT2D eigenvalue weighted by atomic mass is 10.0. The van der Waals surface area contributed by atoms with E-state index in [2.05, 4.69) is 29.0 Å². The number of hydrogen-bond donors (Lipinski definition) is 1. The Balaban J connectivity index is 2.42. The van der Waals surface area contributed by atoms with Gasteiger partial charge < -0.3 is 0 Å². The second-order valence-corrected chi connectivity index (χ2v) is 4.12. The smallest absolute Gasteiger partial charge is 0.180 e. The second-order valence-electron chi connectivity index (χ2n) is 3.71. The standard InChI is InChI=1S/C11H12ClN3/c1-7(2)9-4-3-8(5-10(9)12)11-13-6-14-15-11/h3-7H,1-2H3,(H,13,14,15). The van der Waals surface area contributed by atoms with Crippen LogP contribution in [0.5, 0.6) is 0 Å². The van der Waals surface area contributed by atoms with Crippen LogP contribution in [0.3, 0.4) is 0 Å². The average molecular weight is 222 g/mol. The molecular weight excluding hydrogens is 210 g/mol. The third kappa shape index (κ3) is 2.02. The fourth-order valence-corrected chi connectivity index (χ4v) is 1.88. The number of benzene rings is 1. The number of rotatable bonds is 2. The van der Waals surface area contributed by atoms with Crippen LogP contribution in [0.2, 0.25) is 5.02 Å². The van der Waals surface area contributed by atoms with E-state index < -0.39 is 0 Å². The van der Waals surface area contributed by atoms with Crippen molar-refractivity contribution in [2.24, 2.45) is 0 Å². The first-order valence-corrected chi connectivity index (χ1v) is 5.22. The van der Waals surface area contributed by atoms with Gasteiger partial charge >= 0.3 is 0 Å². The molecule has 0 fully saturated rings. The lowest BCUT2D eigenvalue weighted by Crippen LogP contribution is -1.90. The summed E-state index contributed by atoms with van der Waals surface area (Å²) < 4.78 is 0. The Hall–Kier alpha value is -1.35. The van der Waals surface area contributed by atoms with E-state index in [-0.39, 0.29) is 0 Å². The van der Waals surface area contributed by atoms with Gasteiger partial charge in [-0.3, -0.25) is 5.10 Å². The van der Waals surface area contributed by atoms with Gasteiger partial charge in [-0.05, 0) is 17.5 Å². The van der Waals surface area contributed by atoms with Gasteiger partial charge in [-0.25, -0.2) is 4.98 Å². The Morgan fingerprint density at radius 3 is 2.67 bits per heavy atom. The van der Waals surface area contributed by atoms with Crippen molar-refractivity contribution in [3.8, 4) is 11.4 Å². The molecule has 3 nitrogen and oxygen atoms in total. The van der Waals surface area contributed by atoms with Crippen molar-refractivity contribution >= 4 is 11.6 Å². The molecule has 0 atom stereocenters. The van der Waals surface area contributed by atoms with Crippen LogP contribution in [0.25, 0.3) is 11.4 Å². The molecule has 78 valence electrons. The summed E-state index contributed by atoms with van der Waals surface area (Å²) in [5, 5.41) is 7.46. The highest BCUT2D eigenvalue weighted by Crippen LogP contribution is 2.27. The van der Waals surface area contributed by atoms with Gasteiger partial charge in [-0.1, -0.05) is 37.6 Å². The third-order valence-corrected chi connectivity index (χ3v) is 2.62. The van der Waals surface area contributed by atoms with E-state index in [1.54, 1.807) is 6.33 Å². The maximum Gasteiger partial charge on any atom is 0.180 e. The van der Waals surface area contributed by atoms with Crippen LogP contribution in [0, 0.1) is 0 Å². The molecule has 0 aliphatic rings. The minimum Gasteiger partial charge on any atom is -0.265 e. The third-order valence-electron chi connectivity index (χ3n) is 2.30. The Kier molecular flexibility index (Phi) is 2.73. The summed E-state index contributed by atoms with van der Waals surface area (Å²) in [6, 6.07) is 5.92. The number of halogens is 1. The molecule has 0 saturated carbocycles. The first-order valence-electron chi connectivity index (χ1n) is 4.84. The molecule has 1 N–H and O–H groups in total. The predicted octanol–water partition coefficient (Wildman–Crippen LogP) is 3.25. The second kappa shape index (κ2) is 4.03. The van der Waals surface area contributed by atoms with Gasteiger partial charge in [0.15, 0.2) is 5.82 Å². The summed E-state index contributed by atoms with van der Waals surface area (Å²) in [5.74, 6) is 1.10. The number of aromatic amines is 1. The lowest BCUT2D eigenvalue weighted by Gasteiger charge is -2.08. The number of hydrogen-bond acceptors (Lipinski definition) is 2. The van der Waals surface area contributed by atoms with Crippen molar-refractivity contribution < 1.29 is 0 Å². The van der Waals surface area contributed by atoms with E-state index in [1.807, 2.05) is 18.2 Å². The fourth-order valence-electron chi connectivity index (χ4n) is 1.48. The van der Waals surface area contributed by atoms with Crippen molar-refractivity contribution in [2.75, 3.05) is 0 Å². The average Bonchev–Trinajstić information content (AvgIpc) is 2.69. The highest BCUT2D eigenvalue weighted by molar-refractivity contribution is 6.31. The van der Waals surface area contributed by atoms with E-state index in [0.717, 1.165) is 16.1 Å². The van der Waals surface area contributed by atoms with Crippen molar-refractivity contribution in [1.29, 1.82) is 0 Å². The van der Waals surface area contributed by atoms with E-state index >= 15 is 0 Å². The summed E-state index contributed by atoms with van der Waals surface area (Å²) in [6.45, 7) is 4.24. The van der Waals surface area contributed by atoms with Gasteiger partial charge in [0.2, 0.25) is 0 Å². The maximum absolute atomic E-state index is 6.18. The number of nitrogens with one attached hydrogen (secondary N) is 1. The zero-order valence-electron chi connectivity index (χ0n) is 8.66. The zero-order chi connectivity index (χ0) is 10.8. The minimum atomic E-state index is 0.429. The molecule has 2 aromatic rings. The predicted molar refractivity (Wildman–Crippen MR) is 60.9 cm³/mol. The van der Waals surface area contributed by atoms with E-state index in [0.29, 0.717) is 11.7 Å². The molecule has 0 spiro atoms. The molecule has 1 heterocycles. The van der Waals surface area contributed by atoms with Crippen LogP contribution < -0.4 is 0 Å². The quantitative estimate of drug-likeness (QED) is 0.846. The van der Waals surface area contributed by atoms with Crippen LogP contribution in [0.4, 0.5) is 0 Å². The topological polar surface area (TPSA) is 41.6 Å². The SMILES string of the molecule is CC(C)c1ccc(-c2nc[nH]n2)cc1Cl. The molecule has 0 aliphatic carbocycles. The van der Waals surface area contributed by atoms with Crippen LogP contribution in [-0.2, 0) is 0 Å². The minimum absolute atomic E-state index is 0.429. The lowest BCUT2D eigenvalue weighted by molar-refractivity contribution is 0.867. The van der Waals surface area contributed by atoms with E-state index in [1.165, 1.54) is 0 Å². The van der Waals surface area contributed by atoms with Crippen LogP contribution in [0.15, 0.2) is 24.5 Å².